The molecule has 6 heteroatoms. The van der Waals surface area contributed by atoms with E-state index in [0.29, 0.717) is 19.5 Å². The second-order valence-electron chi connectivity index (χ2n) is 4.68. The Hall–Kier alpha value is -1.14. The van der Waals surface area contributed by atoms with Crippen molar-refractivity contribution < 1.29 is 9.59 Å². The maximum absolute atomic E-state index is 11.5. The quantitative estimate of drug-likeness (QED) is 0.572. The van der Waals surface area contributed by atoms with E-state index in [2.05, 4.69) is 15.5 Å². The van der Waals surface area contributed by atoms with E-state index in [1.807, 2.05) is 0 Å². The number of likely N-dealkylation sites (N-methyl/N-ethyl adjacent to an activating group) is 1. The summed E-state index contributed by atoms with van der Waals surface area (Å²) in [6.07, 6.45) is 3.06. The standard InChI is InChI=1S/C12H24N4O2/c1-14-12(18)9-16-7-4-10(5-8-16)15-11(17)3-2-6-13/h10H,2-9,13H2,1H3,(H,14,18)(H,15,17). The number of rotatable bonds is 6. The molecule has 0 aromatic heterocycles. The normalized spacial score (nSPS) is 17.4. The van der Waals surface area contributed by atoms with Crippen LogP contribution in [0.5, 0.6) is 0 Å². The van der Waals surface area contributed by atoms with Crippen molar-refractivity contribution in [1.29, 1.82) is 0 Å². The number of nitrogens with two attached hydrogens (primary N) is 1. The van der Waals surface area contributed by atoms with Crippen molar-refractivity contribution in [3.8, 4) is 0 Å². The minimum absolute atomic E-state index is 0.0421. The summed E-state index contributed by atoms with van der Waals surface area (Å²) in [4.78, 5) is 24.9. The Balaban J connectivity index is 2.18. The molecule has 0 aliphatic carbocycles. The fraction of sp³-hybridized carbons (Fsp3) is 0.833. The van der Waals surface area contributed by atoms with Crippen molar-refractivity contribution in [3.05, 3.63) is 0 Å². The highest BCUT2D eigenvalue weighted by Crippen LogP contribution is 2.10. The molecule has 0 saturated carbocycles. The Bertz CT molecular complexity index is 275. The average Bonchev–Trinajstić information content (AvgIpc) is 2.38. The number of carbonyl (C=O) groups is 2. The third kappa shape index (κ3) is 5.46. The van der Waals surface area contributed by atoms with Gasteiger partial charge in [0.05, 0.1) is 6.54 Å². The lowest BCUT2D eigenvalue weighted by Gasteiger charge is -2.31. The second kappa shape index (κ2) is 8.05. The monoisotopic (exact) mass is 256 g/mol. The van der Waals surface area contributed by atoms with Crippen LogP contribution in [0.4, 0.5) is 0 Å². The van der Waals surface area contributed by atoms with Gasteiger partial charge in [-0.3, -0.25) is 14.5 Å². The summed E-state index contributed by atoms with van der Waals surface area (Å²) in [5, 5.41) is 5.64. The van der Waals surface area contributed by atoms with Crippen LogP contribution in [-0.4, -0.2) is 56.0 Å². The number of piperidine rings is 1. The van der Waals surface area contributed by atoms with E-state index in [1.54, 1.807) is 7.05 Å². The fourth-order valence-electron chi connectivity index (χ4n) is 2.08. The molecule has 1 rings (SSSR count). The van der Waals surface area contributed by atoms with Crippen LogP contribution in [0, 0.1) is 0 Å². The predicted molar refractivity (Wildman–Crippen MR) is 70.0 cm³/mol. The number of amides is 2. The molecule has 0 radical (unpaired) electrons. The SMILES string of the molecule is CNC(=O)CN1CCC(NC(=O)CCCN)CC1. The zero-order valence-electron chi connectivity index (χ0n) is 11.1. The molecule has 1 aliphatic rings. The number of nitrogens with one attached hydrogen (secondary N) is 2. The number of hydrogen-bond donors (Lipinski definition) is 3. The molecule has 0 atom stereocenters. The van der Waals surface area contributed by atoms with Gasteiger partial charge in [0.1, 0.15) is 0 Å². The zero-order chi connectivity index (χ0) is 13.4. The largest absolute Gasteiger partial charge is 0.358 e. The molecule has 2 amide bonds. The van der Waals surface area contributed by atoms with Gasteiger partial charge in [0.15, 0.2) is 0 Å². The topological polar surface area (TPSA) is 87.5 Å². The Kier molecular flexibility index (Phi) is 6.67. The van der Waals surface area contributed by atoms with Gasteiger partial charge in [0.25, 0.3) is 0 Å². The predicted octanol–water partition coefficient (Wildman–Crippen LogP) is -0.948. The minimum atomic E-state index is 0.0421. The van der Waals surface area contributed by atoms with E-state index in [0.717, 1.165) is 32.4 Å². The smallest absolute Gasteiger partial charge is 0.233 e. The van der Waals surface area contributed by atoms with Crippen LogP contribution >= 0.6 is 0 Å². The van der Waals surface area contributed by atoms with Crippen molar-refractivity contribution in [3.63, 3.8) is 0 Å². The van der Waals surface area contributed by atoms with Gasteiger partial charge >= 0.3 is 0 Å². The average molecular weight is 256 g/mol. The van der Waals surface area contributed by atoms with Crippen molar-refractivity contribution in [2.24, 2.45) is 5.73 Å². The molecule has 6 nitrogen and oxygen atoms in total. The lowest BCUT2D eigenvalue weighted by atomic mass is 10.0. The molecule has 0 spiro atoms. The zero-order valence-corrected chi connectivity index (χ0v) is 11.1. The Morgan fingerprint density at radius 3 is 2.50 bits per heavy atom. The molecule has 0 bridgehead atoms. The molecule has 1 saturated heterocycles. The molecule has 1 aliphatic heterocycles. The van der Waals surface area contributed by atoms with Gasteiger partial charge in [-0.25, -0.2) is 0 Å². The highest BCUT2D eigenvalue weighted by molar-refractivity contribution is 5.77. The highest BCUT2D eigenvalue weighted by Gasteiger charge is 2.21. The summed E-state index contributed by atoms with van der Waals surface area (Å²) >= 11 is 0. The Morgan fingerprint density at radius 2 is 1.94 bits per heavy atom. The van der Waals surface area contributed by atoms with E-state index in [1.165, 1.54) is 0 Å². The van der Waals surface area contributed by atoms with E-state index in [4.69, 9.17) is 5.73 Å². The molecule has 18 heavy (non-hydrogen) atoms. The third-order valence-corrected chi connectivity index (χ3v) is 3.21. The van der Waals surface area contributed by atoms with Gasteiger partial charge in [-0.15, -0.1) is 0 Å². The molecular formula is C12H24N4O2. The molecule has 4 N–H and O–H groups in total. The van der Waals surface area contributed by atoms with Gasteiger partial charge in [-0.1, -0.05) is 0 Å². The second-order valence-corrected chi connectivity index (χ2v) is 4.68. The summed E-state index contributed by atoms with van der Waals surface area (Å²) < 4.78 is 0. The highest BCUT2D eigenvalue weighted by atomic mass is 16.2. The van der Waals surface area contributed by atoms with Gasteiger partial charge in [-0.2, -0.15) is 0 Å². The minimum Gasteiger partial charge on any atom is -0.358 e. The van der Waals surface area contributed by atoms with E-state index < -0.39 is 0 Å². The molecule has 1 fully saturated rings. The van der Waals surface area contributed by atoms with Gasteiger partial charge in [0.2, 0.25) is 11.8 Å². The Morgan fingerprint density at radius 1 is 1.28 bits per heavy atom. The summed E-state index contributed by atoms with van der Waals surface area (Å²) in [5.74, 6) is 0.130. The molecule has 1 heterocycles. The molecular weight excluding hydrogens is 232 g/mol. The van der Waals surface area contributed by atoms with Crippen LogP contribution in [0.15, 0.2) is 0 Å². The molecule has 104 valence electrons. The maximum atomic E-state index is 11.5. The van der Waals surface area contributed by atoms with Crippen molar-refractivity contribution >= 4 is 11.8 Å². The number of hydrogen-bond acceptors (Lipinski definition) is 4. The van der Waals surface area contributed by atoms with Gasteiger partial charge in [0, 0.05) is 32.6 Å². The molecule has 0 aromatic carbocycles. The Labute approximate surface area is 108 Å². The summed E-state index contributed by atoms with van der Waals surface area (Å²) in [7, 11) is 1.65. The first-order chi connectivity index (χ1) is 8.65. The van der Waals surface area contributed by atoms with E-state index in [9.17, 15) is 9.59 Å². The van der Waals surface area contributed by atoms with E-state index in [-0.39, 0.29) is 17.9 Å². The van der Waals surface area contributed by atoms with Crippen LogP contribution in [0.3, 0.4) is 0 Å². The lowest BCUT2D eigenvalue weighted by molar-refractivity contribution is -0.124. The van der Waals surface area contributed by atoms with Gasteiger partial charge in [-0.05, 0) is 25.8 Å². The third-order valence-electron chi connectivity index (χ3n) is 3.21. The molecule has 0 unspecified atom stereocenters. The van der Waals surface area contributed by atoms with Gasteiger partial charge < -0.3 is 16.4 Å². The number of nitrogens with zero attached hydrogens (tertiary/aromatic N) is 1. The molecule has 0 aromatic rings. The number of carbonyl (C=O) groups excluding carboxylic acids is 2. The fourth-order valence-corrected chi connectivity index (χ4v) is 2.08. The maximum Gasteiger partial charge on any atom is 0.233 e. The summed E-state index contributed by atoms with van der Waals surface area (Å²) in [5.41, 5.74) is 5.36. The van der Waals surface area contributed by atoms with Crippen LogP contribution in [-0.2, 0) is 9.59 Å². The number of likely N-dealkylation sites (tertiary alicyclic amines) is 1. The van der Waals surface area contributed by atoms with Crippen molar-refractivity contribution in [2.45, 2.75) is 31.7 Å². The van der Waals surface area contributed by atoms with Crippen molar-refractivity contribution in [2.75, 3.05) is 33.2 Å². The van der Waals surface area contributed by atoms with Crippen LogP contribution in [0.1, 0.15) is 25.7 Å². The van der Waals surface area contributed by atoms with Crippen LogP contribution in [0.2, 0.25) is 0 Å². The van der Waals surface area contributed by atoms with Crippen molar-refractivity contribution in [1.82, 2.24) is 15.5 Å². The van der Waals surface area contributed by atoms with Crippen LogP contribution in [0.25, 0.3) is 0 Å². The first kappa shape index (κ1) is 14.9. The summed E-state index contributed by atoms with van der Waals surface area (Å²) in [6.45, 7) is 2.72. The first-order valence-corrected chi connectivity index (χ1v) is 6.58. The van der Waals surface area contributed by atoms with E-state index >= 15 is 0 Å². The summed E-state index contributed by atoms with van der Waals surface area (Å²) in [6, 6.07) is 0.246. The van der Waals surface area contributed by atoms with Crippen LogP contribution < -0.4 is 16.4 Å². The first-order valence-electron chi connectivity index (χ1n) is 6.58. The lowest BCUT2D eigenvalue weighted by Crippen LogP contribution is -2.47.